The molecule has 0 spiro atoms. The quantitative estimate of drug-likeness (QED) is 0.683. The number of hydrogen-bond donors (Lipinski definition) is 0. The van der Waals surface area contributed by atoms with E-state index in [2.05, 4.69) is 0 Å². The normalized spacial score (nSPS) is 18.0. The summed E-state index contributed by atoms with van der Waals surface area (Å²) in [4.78, 5) is 25.8. The lowest BCUT2D eigenvalue weighted by atomic mass is 9.94. The first-order chi connectivity index (χ1) is 13.0. The van der Waals surface area contributed by atoms with Crippen LogP contribution in [0.2, 0.25) is 15.1 Å². The Morgan fingerprint density at radius 2 is 1.52 bits per heavy atom. The van der Waals surface area contributed by atoms with E-state index in [9.17, 15) is 9.59 Å². The predicted octanol–water partition coefficient (Wildman–Crippen LogP) is 4.01. The van der Waals surface area contributed by atoms with Crippen LogP contribution in [0.4, 0.5) is 0 Å². The van der Waals surface area contributed by atoms with Crippen LogP contribution in [0.25, 0.3) is 11.1 Å². The maximum absolute atomic E-state index is 12.9. The first-order valence-corrected chi connectivity index (χ1v) is 9.56. The number of amides is 2. The molecule has 2 fully saturated rings. The van der Waals surface area contributed by atoms with Crippen molar-refractivity contribution in [3.63, 3.8) is 0 Å². The van der Waals surface area contributed by atoms with Crippen molar-refractivity contribution in [2.75, 3.05) is 26.3 Å². The highest BCUT2D eigenvalue weighted by Crippen LogP contribution is 2.38. The highest BCUT2D eigenvalue weighted by atomic mass is 35.5. The van der Waals surface area contributed by atoms with Gasteiger partial charge >= 0.3 is 0 Å². The van der Waals surface area contributed by atoms with Crippen molar-refractivity contribution in [1.82, 2.24) is 10.0 Å². The third-order valence-electron chi connectivity index (χ3n) is 4.74. The standard InChI is InChI=1S/C19H15Cl3N2O3/c20-12-2-3-13(16(22)10-12)11-1-4-15(21)14(9-11)17-18(25)23-5-7-27-8-6-24(23)19(17)26/h1-4,9-10,17H,5-8H2. The molecule has 140 valence electrons. The van der Waals surface area contributed by atoms with E-state index in [1.165, 1.54) is 10.0 Å². The molecule has 2 aliphatic heterocycles. The Morgan fingerprint density at radius 3 is 2.15 bits per heavy atom. The molecule has 0 aromatic heterocycles. The van der Waals surface area contributed by atoms with Gasteiger partial charge < -0.3 is 4.74 Å². The Bertz CT molecular complexity index is 910. The predicted molar refractivity (Wildman–Crippen MR) is 104 cm³/mol. The number of halogens is 3. The highest BCUT2D eigenvalue weighted by molar-refractivity contribution is 6.36. The van der Waals surface area contributed by atoms with E-state index in [0.717, 1.165) is 11.1 Å². The minimum absolute atomic E-state index is 0.285. The molecule has 2 saturated heterocycles. The lowest BCUT2D eigenvalue weighted by molar-refractivity contribution is -0.145. The molecule has 27 heavy (non-hydrogen) atoms. The van der Waals surface area contributed by atoms with Crippen LogP contribution in [0.5, 0.6) is 0 Å². The van der Waals surface area contributed by atoms with Gasteiger partial charge in [0.05, 0.1) is 26.3 Å². The number of carbonyl (C=O) groups excluding carboxylic acids is 2. The molecule has 0 unspecified atom stereocenters. The molecular formula is C19H15Cl3N2O3. The van der Waals surface area contributed by atoms with Gasteiger partial charge in [0.15, 0.2) is 0 Å². The van der Waals surface area contributed by atoms with Gasteiger partial charge in [0.25, 0.3) is 11.8 Å². The van der Waals surface area contributed by atoms with Gasteiger partial charge in [0.1, 0.15) is 5.92 Å². The molecule has 0 radical (unpaired) electrons. The van der Waals surface area contributed by atoms with Gasteiger partial charge in [-0.15, -0.1) is 0 Å². The van der Waals surface area contributed by atoms with E-state index in [-0.39, 0.29) is 11.8 Å². The summed E-state index contributed by atoms with van der Waals surface area (Å²) in [6.07, 6.45) is 0. The van der Waals surface area contributed by atoms with Crippen LogP contribution in [-0.4, -0.2) is 48.1 Å². The molecule has 0 aliphatic carbocycles. The van der Waals surface area contributed by atoms with E-state index in [4.69, 9.17) is 39.5 Å². The van der Waals surface area contributed by atoms with E-state index in [0.29, 0.717) is 46.9 Å². The monoisotopic (exact) mass is 424 g/mol. The first-order valence-electron chi connectivity index (χ1n) is 8.42. The summed E-state index contributed by atoms with van der Waals surface area (Å²) < 4.78 is 5.35. The van der Waals surface area contributed by atoms with E-state index in [1.807, 2.05) is 0 Å². The summed E-state index contributed by atoms with van der Waals surface area (Å²) in [5, 5.41) is 4.29. The molecule has 2 aliphatic rings. The largest absolute Gasteiger partial charge is 0.378 e. The van der Waals surface area contributed by atoms with Crippen molar-refractivity contribution in [3.8, 4) is 11.1 Å². The van der Waals surface area contributed by atoms with E-state index < -0.39 is 5.92 Å². The lowest BCUT2D eigenvalue weighted by Crippen LogP contribution is -2.41. The summed E-state index contributed by atoms with van der Waals surface area (Å²) >= 11 is 18.6. The maximum Gasteiger partial charge on any atom is 0.258 e. The van der Waals surface area contributed by atoms with Gasteiger partial charge in [0.2, 0.25) is 0 Å². The highest BCUT2D eigenvalue weighted by Gasteiger charge is 2.47. The molecule has 2 heterocycles. The number of hydrogen-bond acceptors (Lipinski definition) is 3. The van der Waals surface area contributed by atoms with Crippen LogP contribution in [0.15, 0.2) is 36.4 Å². The molecular weight excluding hydrogens is 411 g/mol. The van der Waals surface area contributed by atoms with Crippen LogP contribution in [0.3, 0.4) is 0 Å². The average Bonchev–Trinajstić information content (AvgIpc) is 2.81. The first kappa shape index (κ1) is 18.6. The van der Waals surface area contributed by atoms with Gasteiger partial charge in [0, 0.05) is 20.6 Å². The second-order valence-electron chi connectivity index (χ2n) is 6.33. The SMILES string of the molecule is O=C1C(c2cc(-c3ccc(Cl)cc3Cl)ccc2Cl)C(=O)N2CCOCCN12. The summed E-state index contributed by atoms with van der Waals surface area (Å²) in [7, 11) is 0. The molecule has 8 heteroatoms. The van der Waals surface area contributed by atoms with Gasteiger partial charge in [-0.25, -0.2) is 10.0 Å². The fourth-order valence-electron chi connectivity index (χ4n) is 3.43. The third kappa shape index (κ3) is 3.29. The summed E-state index contributed by atoms with van der Waals surface area (Å²) in [5.41, 5.74) is 1.99. The van der Waals surface area contributed by atoms with Gasteiger partial charge in [-0.1, -0.05) is 46.9 Å². The molecule has 0 bridgehead atoms. The molecule has 4 rings (SSSR count). The van der Waals surface area contributed by atoms with Gasteiger partial charge in [-0.2, -0.15) is 0 Å². The zero-order valence-corrected chi connectivity index (χ0v) is 16.4. The van der Waals surface area contributed by atoms with Gasteiger partial charge in [-0.05, 0) is 35.4 Å². The van der Waals surface area contributed by atoms with Crippen LogP contribution in [0.1, 0.15) is 11.5 Å². The summed E-state index contributed by atoms with van der Waals surface area (Å²) in [5.74, 6) is -1.53. The minimum Gasteiger partial charge on any atom is -0.378 e. The van der Waals surface area contributed by atoms with Crippen molar-refractivity contribution in [3.05, 3.63) is 57.0 Å². The van der Waals surface area contributed by atoms with Crippen molar-refractivity contribution >= 4 is 46.6 Å². The third-order valence-corrected chi connectivity index (χ3v) is 5.63. The van der Waals surface area contributed by atoms with Crippen molar-refractivity contribution in [2.45, 2.75) is 5.92 Å². The number of fused-ring (bicyclic) bond motifs is 1. The minimum atomic E-state index is -0.957. The molecule has 5 nitrogen and oxygen atoms in total. The zero-order chi connectivity index (χ0) is 19.1. The maximum atomic E-state index is 12.9. The lowest BCUT2D eigenvalue weighted by Gasteiger charge is -2.23. The molecule has 0 N–H and O–H groups in total. The van der Waals surface area contributed by atoms with Crippen molar-refractivity contribution in [1.29, 1.82) is 0 Å². The number of ether oxygens (including phenoxy) is 1. The fraction of sp³-hybridized carbons (Fsp3) is 0.263. The number of rotatable bonds is 2. The summed E-state index contributed by atoms with van der Waals surface area (Å²) in [6.45, 7) is 1.50. The second kappa shape index (κ2) is 7.32. The molecule has 0 atom stereocenters. The average molecular weight is 426 g/mol. The Kier molecular flexibility index (Phi) is 5.03. The Hall–Kier alpha value is -1.79. The molecule has 2 amide bonds. The second-order valence-corrected chi connectivity index (χ2v) is 7.58. The zero-order valence-electron chi connectivity index (χ0n) is 14.1. The Morgan fingerprint density at radius 1 is 0.852 bits per heavy atom. The van der Waals surface area contributed by atoms with E-state index in [1.54, 1.807) is 36.4 Å². The van der Waals surface area contributed by atoms with E-state index >= 15 is 0 Å². The molecule has 2 aromatic carbocycles. The Labute approximate surface area is 171 Å². The molecule has 2 aromatic rings. The van der Waals surface area contributed by atoms with Crippen molar-refractivity contribution in [2.24, 2.45) is 0 Å². The topological polar surface area (TPSA) is 49.9 Å². The summed E-state index contributed by atoms with van der Waals surface area (Å²) in [6, 6.07) is 10.4. The molecule has 0 saturated carbocycles. The number of carbonyl (C=O) groups is 2. The fourth-order valence-corrected chi connectivity index (χ4v) is 4.17. The number of hydrazine groups is 1. The van der Waals surface area contributed by atoms with Crippen LogP contribution in [-0.2, 0) is 14.3 Å². The number of nitrogens with zero attached hydrogens (tertiary/aromatic N) is 2. The van der Waals surface area contributed by atoms with Crippen LogP contribution >= 0.6 is 34.8 Å². The van der Waals surface area contributed by atoms with Gasteiger partial charge in [-0.3, -0.25) is 9.59 Å². The van der Waals surface area contributed by atoms with Crippen molar-refractivity contribution < 1.29 is 14.3 Å². The smallest absolute Gasteiger partial charge is 0.258 e. The number of benzene rings is 2. The van der Waals surface area contributed by atoms with Crippen LogP contribution in [0, 0.1) is 0 Å². The van der Waals surface area contributed by atoms with Crippen LogP contribution < -0.4 is 0 Å². The Balaban J connectivity index is 1.76.